The fourth-order valence-corrected chi connectivity index (χ4v) is 3.83. The molecule has 0 bridgehead atoms. The van der Waals surface area contributed by atoms with Crippen molar-refractivity contribution in [3.05, 3.63) is 59.7 Å². The number of benzene rings is 2. The van der Waals surface area contributed by atoms with E-state index >= 15 is 0 Å². The van der Waals surface area contributed by atoms with Gasteiger partial charge >= 0.3 is 0 Å². The molecule has 1 atom stereocenters. The molecule has 3 rings (SSSR count). The molecule has 1 fully saturated rings. The third kappa shape index (κ3) is 4.78. The number of para-hydroxylation sites is 1. The van der Waals surface area contributed by atoms with E-state index in [0.29, 0.717) is 5.56 Å². The molecule has 2 aromatic carbocycles. The molecule has 2 aromatic rings. The van der Waals surface area contributed by atoms with Crippen LogP contribution in [0.4, 0.5) is 0 Å². The molecule has 0 saturated heterocycles. The molecule has 1 aliphatic rings. The van der Waals surface area contributed by atoms with Crippen LogP contribution in [0, 0.1) is 0 Å². The van der Waals surface area contributed by atoms with Crippen molar-refractivity contribution in [3.63, 3.8) is 0 Å². The monoisotopic (exact) mass is 353 g/mol. The minimum atomic E-state index is -0.297. The van der Waals surface area contributed by atoms with Gasteiger partial charge in [-0.1, -0.05) is 56.0 Å². The van der Waals surface area contributed by atoms with Crippen molar-refractivity contribution in [2.24, 2.45) is 0 Å². The average molecular weight is 353 g/mol. The summed E-state index contributed by atoms with van der Waals surface area (Å²) in [4.78, 5) is 12.7. The number of phenols is 2. The van der Waals surface area contributed by atoms with Gasteiger partial charge in [-0.2, -0.15) is 0 Å². The van der Waals surface area contributed by atoms with Crippen LogP contribution in [0.3, 0.4) is 0 Å². The van der Waals surface area contributed by atoms with Crippen LogP contribution in [0.25, 0.3) is 0 Å². The summed E-state index contributed by atoms with van der Waals surface area (Å²) in [5, 5.41) is 23.3. The van der Waals surface area contributed by atoms with Crippen LogP contribution >= 0.6 is 0 Å². The van der Waals surface area contributed by atoms with Crippen LogP contribution in [-0.2, 0) is 4.79 Å². The first-order valence-electron chi connectivity index (χ1n) is 9.49. The Hall–Kier alpha value is -2.49. The number of carbonyl (C=O) groups is 1. The van der Waals surface area contributed by atoms with Crippen molar-refractivity contribution >= 4 is 5.91 Å². The highest BCUT2D eigenvalue weighted by Crippen LogP contribution is 2.35. The molecule has 26 heavy (non-hydrogen) atoms. The minimum Gasteiger partial charge on any atom is -0.508 e. The zero-order valence-corrected chi connectivity index (χ0v) is 15.0. The Morgan fingerprint density at radius 3 is 2.42 bits per heavy atom. The molecule has 0 aromatic heterocycles. The summed E-state index contributed by atoms with van der Waals surface area (Å²) in [6.45, 7) is 0. The molecule has 1 saturated carbocycles. The van der Waals surface area contributed by atoms with Gasteiger partial charge in [-0.3, -0.25) is 4.79 Å². The topological polar surface area (TPSA) is 69.6 Å². The van der Waals surface area contributed by atoms with Gasteiger partial charge in [0.05, 0.1) is 0 Å². The SMILES string of the molecule is O=C(CC(c1cccc(O)c1)c1ccccc1O)NC1CCCCCC1. The summed E-state index contributed by atoms with van der Waals surface area (Å²) in [6, 6.07) is 14.3. The first kappa shape index (κ1) is 18.3. The fourth-order valence-electron chi connectivity index (χ4n) is 3.83. The van der Waals surface area contributed by atoms with E-state index in [0.717, 1.165) is 18.4 Å². The number of nitrogens with one attached hydrogen (secondary N) is 1. The van der Waals surface area contributed by atoms with Crippen molar-refractivity contribution in [1.82, 2.24) is 5.32 Å². The van der Waals surface area contributed by atoms with Gasteiger partial charge in [-0.15, -0.1) is 0 Å². The van der Waals surface area contributed by atoms with Gasteiger partial charge in [0, 0.05) is 23.9 Å². The van der Waals surface area contributed by atoms with Crippen molar-refractivity contribution in [2.75, 3.05) is 0 Å². The normalized spacial score (nSPS) is 16.6. The number of carbonyl (C=O) groups excluding carboxylic acids is 1. The summed E-state index contributed by atoms with van der Waals surface area (Å²) in [7, 11) is 0. The Morgan fingerprint density at radius 1 is 1.00 bits per heavy atom. The quantitative estimate of drug-likeness (QED) is 0.695. The lowest BCUT2D eigenvalue weighted by molar-refractivity contribution is -0.122. The second-order valence-corrected chi connectivity index (χ2v) is 7.17. The molecule has 4 nitrogen and oxygen atoms in total. The highest BCUT2D eigenvalue weighted by atomic mass is 16.3. The highest BCUT2D eigenvalue weighted by molar-refractivity contribution is 5.78. The van der Waals surface area contributed by atoms with Gasteiger partial charge in [-0.05, 0) is 36.6 Å². The van der Waals surface area contributed by atoms with Gasteiger partial charge in [0.25, 0.3) is 0 Å². The Labute approximate surface area is 154 Å². The summed E-state index contributed by atoms with van der Waals surface area (Å²) in [6.07, 6.45) is 7.16. The molecule has 1 aliphatic carbocycles. The van der Waals surface area contributed by atoms with Crippen molar-refractivity contribution < 1.29 is 15.0 Å². The number of hydrogen-bond acceptors (Lipinski definition) is 3. The maximum absolute atomic E-state index is 12.7. The van der Waals surface area contributed by atoms with Crippen molar-refractivity contribution in [1.29, 1.82) is 0 Å². The lowest BCUT2D eigenvalue weighted by Crippen LogP contribution is -2.35. The molecular formula is C22H27NO3. The predicted octanol–water partition coefficient (Wildman–Crippen LogP) is 4.46. The highest BCUT2D eigenvalue weighted by Gasteiger charge is 2.23. The van der Waals surface area contributed by atoms with Crippen LogP contribution in [0.5, 0.6) is 11.5 Å². The van der Waals surface area contributed by atoms with E-state index in [9.17, 15) is 15.0 Å². The number of phenolic OH excluding ortho intramolecular Hbond substituents is 2. The Kier molecular flexibility index (Phi) is 6.16. The Bertz CT molecular complexity index is 736. The number of hydrogen-bond donors (Lipinski definition) is 3. The first-order valence-corrected chi connectivity index (χ1v) is 9.49. The smallest absolute Gasteiger partial charge is 0.221 e. The van der Waals surface area contributed by atoms with Crippen LogP contribution < -0.4 is 5.32 Å². The van der Waals surface area contributed by atoms with Crippen molar-refractivity contribution in [2.45, 2.75) is 56.9 Å². The van der Waals surface area contributed by atoms with Crippen molar-refractivity contribution in [3.8, 4) is 11.5 Å². The predicted molar refractivity (Wildman–Crippen MR) is 102 cm³/mol. The lowest BCUT2D eigenvalue weighted by atomic mass is 9.87. The number of aromatic hydroxyl groups is 2. The van der Waals surface area contributed by atoms with E-state index in [1.165, 1.54) is 25.7 Å². The summed E-state index contributed by atoms with van der Waals surface area (Å²) in [5.74, 6) is 0.0257. The second-order valence-electron chi connectivity index (χ2n) is 7.17. The second kappa shape index (κ2) is 8.75. The molecule has 0 spiro atoms. The van der Waals surface area contributed by atoms with Crippen LogP contribution in [0.1, 0.15) is 62.0 Å². The molecule has 1 amide bonds. The number of rotatable bonds is 5. The molecule has 138 valence electrons. The van der Waals surface area contributed by atoms with Crippen LogP contribution in [0.15, 0.2) is 48.5 Å². The Balaban J connectivity index is 1.79. The summed E-state index contributed by atoms with van der Waals surface area (Å²) < 4.78 is 0. The summed E-state index contributed by atoms with van der Waals surface area (Å²) in [5.41, 5.74) is 1.52. The fraction of sp³-hybridized carbons (Fsp3) is 0.409. The van der Waals surface area contributed by atoms with Crippen LogP contribution in [0.2, 0.25) is 0 Å². The van der Waals surface area contributed by atoms with E-state index in [4.69, 9.17) is 0 Å². The van der Waals surface area contributed by atoms with Gasteiger partial charge < -0.3 is 15.5 Å². The molecular weight excluding hydrogens is 326 g/mol. The molecule has 1 unspecified atom stereocenters. The molecule has 0 heterocycles. The average Bonchev–Trinajstić information content (AvgIpc) is 2.89. The zero-order valence-electron chi connectivity index (χ0n) is 15.0. The van der Waals surface area contributed by atoms with E-state index in [1.807, 2.05) is 18.2 Å². The van der Waals surface area contributed by atoms with Gasteiger partial charge in [0.1, 0.15) is 11.5 Å². The third-order valence-corrected chi connectivity index (χ3v) is 5.19. The Morgan fingerprint density at radius 2 is 1.73 bits per heavy atom. The van der Waals surface area contributed by atoms with E-state index in [2.05, 4.69) is 5.32 Å². The van der Waals surface area contributed by atoms with Crippen LogP contribution in [-0.4, -0.2) is 22.2 Å². The standard InChI is InChI=1S/C22H27NO3/c24-18-11-7-8-16(14-18)20(19-12-5-6-13-21(19)25)15-22(26)23-17-9-3-1-2-4-10-17/h5-8,11-14,17,20,24-25H,1-4,9-10,15H2,(H,23,26). The van der Waals surface area contributed by atoms with E-state index in [1.54, 1.807) is 30.3 Å². The number of amides is 1. The van der Waals surface area contributed by atoms with E-state index < -0.39 is 0 Å². The van der Waals surface area contributed by atoms with Gasteiger partial charge in [0.15, 0.2) is 0 Å². The molecule has 0 radical (unpaired) electrons. The lowest BCUT2D eigenvalue weighted by Gasteiger charge is -2.22. The van der Waals surface area contributed by atoms with Gasteiger partial charge in [0.2, 0.25) is 5.91 Å². The third-order valence-electron chi connectivity index (χ3n) is 5.19. The maximum atomic E-state index is 12.7. The first-order chi connectivity index (χ1) is 12.6. The van der Waals surface area contributed by atoms with E-state index in [-0.39, 0.29) is 35.8 Å². The molecule has 3 N–H and O–H groups in total. The maximum Gasteiger partial charge on any atom is 0.221 e. The minimum absolute atomic E-state index is 0.00602. The molecule has 4 heteroatoms. The zero-order chi connectivity index (χ0) is 18.4. The summed E-state index contributed by atoms with van der Waals surface area (Å²) >= 11 is 0. The van der Waals surface area contributed by atoms with Gasteiger partial charge in [-0.25, -0.2) is 0 Å². The molecule has 0 aliphatic heterocycles. The largest absolute Gasteiger partial charge is 0.508 e.